The molecule has 8 nitrogen and oxygen atoms in total. The van der Waals surface area contributed by atoms with Gasteiger partial charge in [-0.15, -0.1) is 0 Å². The van der Waals surface area contributed by atoms with Gasteiger partial charge in [0, 0.05) is 12.6 Å². The third-order valence-corrected chi connectivity index (χ3v) is 3.85. The minimum Gasteiger partial charge on any atom is -0.493 e. The average molecular weight is 374 g/mol. The van der Waals surface area contributed by atoms with Gasteiger partial charge in [-0.05, 0) is 24.1 Å². The van der Waals surface area contributed by atoms with Gasteiger partial charge in [0.15, 0.2) is 11.5 Å². The van der Waals surface area contributed by atoms with Crippen LogP contribution in [0.2, 0.25) is 0 Å². The zero-order chi connectivity index (χ0) is 19.8. The van der Waals surface area contributed by atoms with Crippen molar-refractivity contribution < 1.29 is 28.5 Å². The Morgan fingerprint density at radius 3 is 2.37 bits per heavy atom. The van der Waals surface area contributed by atoms with Gasteiger partial charge < -0.3 is 24.3 Å². The first-order valence-corrected chi connectivity index (χ1v) is 8.15. The molecule has 0 saturated carbocycles. The molecule has 0 radical (unpaired) electrons. The van der Waals surface area contributed by atoms with Crippen LogP contribution in [0.15, 0.2) is 30.6 Å². The van der Waals surface area contributed by atoms with Crippen LogP contribution in [0, 0.1) is 0 Å². The van der Waals surface area contributed by atoms with Gasteiger partial charge >= 0.3 is 5.97 Å². The van der Waals surface area contributed by atoms with Crippen LogP contribution in [0.5, 0.6) is 17.2 Å². The Kier molecular flexibility index (Phi) is 6.99. The van der Waals surface area contributed by atoms with Gasteiger partial charge in [-0.3, -0.25) is 9.78 Å². The first-order valence-electron chi connectivity index (χ1n) is 8.15. The number of carbonyl (C=O) groups is 2. The normalized spacial score (nSPS) is 10.1. The average Bonchev–Trinajstić information content (AvgIpc) is 2.70. The number of nitrogens with one attached hydrogen (secondary N) is 1. The lowest BCUT2D eigenvalue weighted by Gasteiger charge is -2.15. The summed E-state index contributed by atoms with van der Waals surface area (Å²) in [5, 5.41) is 2.71. The number of pyridine rings is 1. The number of hydrogen-bond acceptors (Lipinski definition) is 7. The molecule has 0 atom stereocenters. The summed E-state index contributed by atoms with van der Waals surface area (Å²) < 4.78 is 20.7. The van der Waals surface area contributed by atoms with E-state index in [1.807, 2.05) is 6.07 Å². The molecule has 144 valence electrons. The molecule has 1 aromatic heterocycles. The van der Waals surface area contributed by atoms with Crippen LogP contribution in [0.4, 0.5) is 5.69 Å². The third-order valence-electron chi connectivity index (χ3n) is 3.85. The second-order valence-corrected chi connectivity index (χ2v) is 5.50. The topological polar surface area (TPSA) is 96.0 Å². The molecular formula is C19H22N2O6. The number of esters is 1. The van der Waals surface area contributed by atoms with Crippen molar-refractivity contribution in [2.24, 2.45) is 0 Å². The van der Waals surface area contributed by atoms with Crippen molar-refractivity contribution in [1.82, 2.24) is 4.98 Å². The molecule has 1 heterocycles. The van der Waals surface area contributed by atoms with E-state index in [0.29, 0.717) is 29.4 Å². The summed E-state index contributed by atoms with van der Waals surface area (Å²) in [6.07, 6.45) is 3.46. The van der Waals surface area contributed by atoms with E-state index >= 15 is 0 Å². The van der Waals surface area contributed by atoms with Gasteiger partial charge in [0.25, 0.3) is 0 Å². The van der Waals surface area contributed by atoms with Crippen LogP contribution in [-0.4, -0.2) is 45.3 Å². The second kappa shape index (κ2) is 9.42. The number of methoxy groups -OCH3 is 4. The summed E-state index contributed by atoms with van der Waals surface area (Å²) in [4.78, 5) is 27.7. The highest BCUT2D eigenvalue weighted by molar-refractivity contribution is 5.94. The number of nitrogens with zero attached hydrogens (tertiary/aromatic N) is 1. The van der Waals surface area contributed by atoms with E-state index in [1.54, 1.807) is 13.2 Å². The van der Waals surface area contributed by atoms with Crippen molar-refractivity contribution in [3.63, 3.8) is 0 Å². The van der Waals surface area contributed by atoms with Crippen molar-refractivity contribution in [2.75, 3.05) is 33.8 Å². The molecule has 0 aliphatic rings. The largest absolute Gasteiger partial charge is 0.493 e. The van der Waals surface area contributed by atoms with Crippen LogP contribution in [0.3, 0.4) is 0 Å². The highest BCUT2D eigenvalue weighted by atomic mass is 16.5. The van der Waals surface area contributed by atoms with Gasteiger partial charge in [0.05, 0.1) is 45.9 Å². The van der Waals surface area contributed by atoms with Gasteiger partial charge in [0.1, 0.15) is 0 Å². The molecule has 27 heavy (non-hydrogen) atoms. The number of benzene rings is 1. The number of hydrogen-bond donors (Lipinski definition) is 1. The molecule has 0 saturated heterocycles. The zero-order valence-corrected chi connectivity index (χ0v) is 15.7. The number of aromatic nitrogens is 1. The maximum absolute atomic E-state index is 12.3. The first-order chi connectivity index (χ1) is 13.0. The number of amides is 1. The maximum Gasteiger partial charge on any atom is 0.339 e. The van der Waals surface area contributed by atoms with Crippen molar-refractivity contribution >= 4 is 17.6 Å². The molecule has 2 rings (SSSR count). The van der Waals surface area contributed by atoms with Crippen LogP contribution >= 0.6 is 0 Å². The highest BCUT2D eigenvalue weighted by Crippen LogP contribution is 2.40. The number of aryl methyl sites for hydroxylation is 1. The third kappa shape index (κ3) is 4.87. The molecule has 0 bridgehead atoms. The predicted octanol–water partition coefficient (Wildman–Crippen LogP) is 2.47. The van der Waals surface area contributed by atoms with Gasteiger partial charge in [-0.2, -0.15) is 0 Å². The second-order valence-electron chi connectivity index (χ2n) is 5.50. The van der Waals surface area contributed by atoms with Crippen molar-refractivity contribution in [3.05, 3.63) is 41.7 Å². The van der Waals surface area contributed by atoms with E-state index in [0.717, 1.165) is 5.56 Å². The molecule has 0 fully saturated rings. The highest BCUT2D eigenvalue weighted by Gasteiger charge is 2.16. The minimum absolute atomic E-state index is 0.203. The number of carbonyl (C=O) groups excluding carboxylic acids is 2. The summed E-state index contributed by atoms with van der Waals surface area (Å²) in [7, 11) is 5.88. The molecule has 0 aliphatic heterocycles. The molecular weight excluding hydrogens is 352 g/mol. The van der Waals surface area contributed by atoms with E-state index in [9.17, 15) is 9.59 Å². The molecule has 1 amide bonds. The quantitative estimate of drug-likeness (QED) is 0.709. The van der Waals surface area contributed by atoms with Crippen molar-refractivity contribution in [3.8, 4) is 17.2 Å². The van der Waals surface area contributed by atoms with E-state index in [-0.39, 0.29) is 17.9 Å². The van der Waals surface area contributed by atoms with Gasteiger partial charge in [0.2, 0.25) is 11.7 Å². The monoisotopic (exact) mass is 374 g/mol. The van der Waals surface area contributed by atoms with Crippen molar-refractivity contribution in [2.45, 2.75) is 12.8 Å². The summed E-state index contributed by atoms with van der Waals surface area (Å²) in [6, 6.07) is 5.10. The molecule has 8 heteroatoms. The summed E-state index contributed by atoms with van der Waals surface area (Å²) in [5.74, 6) is 0.810. The Labute approximate surface area is 157 Å². The van der Waals surface area contributed by atoms with Crippen LogP contribution in [0.25, 0.3) is 0 Å². The Hall–Kier alpha value is -3.29. The van der Waals surface area contributed by atoms with Crippen LogP contribution < -0.4 is 19.5 Å². The lowest BCUT2D eigenvalue weighted by atomic mass is 10.1. The van der Waals surface area contributed by atoms with Gasteiger partial charge in [-0.25, -0.2) is 4.79 Å². The number of rotatable bonds is 8. The standard InChI is InChI=1S/C19H22N2O6/c1-24-15-7-5-12(17(25-2)18(15)26-3)6-8-16(22)21-14-9-13(10-20-11-14)19(23)27-4/h5,7,9-11H,6,8H2,1-4H3,(H,21,22). The fraction of sp³-hybridized carbons (Fsp3) is 0.316. The first kappa shape index (κ1) is 20.0. The van der Waals surface area contributed by atoms with E-state index in [2.05, 4.69) is 15.0 Å². The zero-order valence-electron chi connectivity index (χ0n) is 15.7. The summed E-state index contributed by atoms with van der Waals surface area (Å²) in [6.45, 7) is 0. The van der Waals surface area contributed by atoms with Crippen LogP contribution in [0.1, 0.15) is 22.3 Å². The smallest absolute Gasteiger partial charge is 0.339 e. The van der Waals surface area contributed by atoms with E-state index in [1.165, 1.54) is 39.8 Å². The van der Waals surface area contributed by atoms with Crippen LogP contribution in [-0.2, 0) is 16.0 Å². The predicted molar refractivity (Wildman–Crippen MR) is 98.6 cm³/mol. The molecule has 0 unspecified atom stereocenters. The SMILES string of the molecule is COC(=O)c1cncc(NC(=O)CCc2ccc(OC)c(OC)c2OC)c1. The van der Waals surface area contributed by atoms with E-state index < -0.39 is 5.97 Å². The molecule has 0 aliphatic carbocycles. The Balaban J connectivity index is 2.07. The fourth-order valence-corrected chi connectivity index (χ4v) is 2.57. The Bertz CT molecular complexity index is 822. The fourth-order valence-electron chi connectivity index (χ4n) is 2.57. The number of anilines is 1. The summed E-state index contributed by atoms with van der Waals surface area (Å²) >= 11 is 0. The van der Waals surface area contributed by atoms with E-state index in [4.69, 9.17) is 14.2 Å². The lowest BCUT2D eigenvalue weighted by Crippen LogP contribution is -2.13. The number of ether oxygens (including phenoxy) is 4. The molecule has 1 N–H and O–H groups in total. The molecule has 0 spiro atoms. The minimum atomic E-state index is -0.520. The summed E-state index contributed by atoms with van der Waals surface area (Å²) in [5.41, 5.74) is 1.49. The Morgan fingerprint density at radius 1 is 1.00 bits per heavy atom. The van der Waals surface area contributed by atoms with Crippen molar-refractivity contribution in [1.29, 1.82) is 0 Å². The molecule has 2 aromatic rings. The van der Waals surface area contributed by atoms with Gasteiger partial charge in [-0.1, -0.05) is 6.07 Å². The maximum atomic E-state index is 12.3. The molecule has 1 aromatic carbocycles. The Morgan fingerprint density at radius 2 is 1.74 bits per heavy atom. The lowest BCUT2D eigenvalue weighted by molar-refractivity contribution is -0.116.